The zero-order valence-corrected chi connectivity index (χ0v) is 15.3. The third kappa shape index (κ3) is 5.61. The number of hydrogen-bond acceptors (Lipinski definition) is 3. The van der Waals surface area contributed by atoms with E-state index < -0.39 is 0 Å². The Hall–Kier alpha value is -2.33. The van der Waals surface area contributed by atoms with E-state index in [1.165, 1.54) is 0 Å². The molecule has 0 fully saturated rings. The maximum atomic E-state index is 12.2. The molecule has 0 bridgehead atoms. The average Bonchev–Trinajstić information content (AvgIpc) is 2.63. The van der Waals surface area contributed by atoms with Gasteiger partial charge in [-0.3, -0.25) is 9.59 Å². The Labute approximate surface area is 153 Å². The van der Waals surface area contributed by atoms with Crippen LogP contribution in [0.3, 0.4) is 0 Å². The molecule has 132 valence electrons. The molecule has 4 nitrogen and oxygen atoms in total. The second kappa shape index (κ2) is 9.23. The number of rotatable bonds is 8. The largest absolute Gasteiger partial charge is 0.496 e. The molecule has 0 atom stereocenters. The normalized spacial score (nSPS) is 10.4. The van der Waals surface area contributed by atoms with Crippen LogP contribution >= 0.6 is 11.6 Å². The molecule has 0 aliphatic rings. The van der Waals surface area contributed by atoms with Gasteiger partial charge in [-0.05, 0) is 30.2 Å². The van der Waals surface area contributed by atoms with Crippen molar-refractivity contribution in [1.29, 1.82) is 0 Å². The number of halogens is 1. The number of likely N-dealkylation sites (N-methyl/N-ethyl adjacent to an activating group) is 1. The summed E-state index contributed by atoms with van der Waals surface area (Å²) in [6.07, 6.45) is 1.07. The summed E-state index contributed by atoms with van der Waals surface area (Å²) in [5.41, 5.74) is 1.59. The average molecular weight is 360 g/mol. The number of nitrogens with zero attached hydrogens (tertiary/aromatic N) is 1. The highest BCUT2D eigenvalue weighted by Gasteiger charge is 2.13. The number of benzene rings is 2. The lowest BCUT2D eigenvalue weighted by atomic mass is 10.1. The quantitative estimate of drug-likeness (QED) is 0.669. The van der Waals surface area contributed by atoms with Crippen molar-refractivity contribution >= 4 is 23.3 Å². The number of carbonyl (C=O) groups is 2. The van der Waals surface area contributed by atoms with E-state index in [9.17, 15) is 9.59 Å². The summed E-state index contributed by atoms with van der Waals surface area (Å²) in [4.78, 5) is 26.0. The zero-order valence-electron chi connectivity index (χ0n) is 14.5. The minimum Gasteiger partial charge on any atom is -0.496 e. The summed E-state index contributed by atoms with van der Waals surface area (Å²) >= 11 is 5.89. The number of Topliss-reactive ketones (excluding diaryl/α,β-unsaturated/α-hetero) is 1. The fourth-order valence-corrected chi connectivity index (χ4v) is 2.73. The molecule has 0 aromatic heterocycles. The van der Waals surface area contributed by atoms with E-state index in [1.54, 1.807) is 43.3 Å². The zero-order chi connectivity index (χ0) is 18.2. The SMILES string of the molecule is COc1ccccc1CCN(C)C(=O)CCC(=O)c1cccc(Cl)c1. The van der Waals surface area contributed by atoms with E-state index in [2.05, 4.69) is 0 Å². The van der Waals surface area contributed by atoms with Crippen molar-refractivity contribution in [1.82, 2.24) is 4.90 Å². The van der Waals surface area contributed by atoms with Crippen LogP contribution in [-0.2, 0) is 11.2 Å². The Balaban J connectivity index is 1.83. The number of hydrogen-bond donors (Lipinski definition) is 0. The van der Waals surface area contributed by atoms with Gasteiger partial charge in [-0.2, -0.15) is 0 Å². The highest BCUT2D eigenvalue weighted by Crippen LogP contribution is 2.18. The minimum absolute atomic E-state index is 0.0507. The Morgan fingerprint density at radius 1 is 1.08 bits per heavy atom. The van der Waals surface area contributed by atoms with Crippen molar-refractivity contribution in [2.24, 2.45) is 0 Å². The van der Waals surface area contributed by atoms with Crippen LogP contribution in [0.1, 0.15) is 28.8 Å². The molecule has 0 N–H and O–H groups in total. The molecule has 1 amide bonds. The molecule has 2 aromatic rings. The summed E-state index contributed by atoms with van der Waals surface area (Å²) in [5, 5.41) is 0.520. The van der Waals surface area contributed by atoms with E-state index in [-0.39, 0.29) is 24.5 Å². The van der Waals surface area contributed by atoms with Crippen molar-refractivity contribution in [3.05, 3.63) is 64.7 Å². The van der Waals surface area contributed by atoms with Gasteiger partial charge in [-0.25, -0.2) is 0 Å². The van der Waals surface area contributed by atoms with Crippen LogP contribution in [-0.4, -0.2) is 37.3 Å². The van der Waals surface area contributed by atoms with Crippen LogP contribution in [0.4, 0.5) is 0 Å². The highest BCUT2D eigenvalue weighted by molar-refractivity contribution is 6.31. The Kier molecular flexibility index (Phi) is 7.02. The van der Waals surface area contributed by atoms with Crippen molar-refractivity contribution in [3.8, 4) is 5.75 Å². The monoisotopic (exact) mass is 359 g/mol. The smallest absolute Gasteiger partial charge is 0.222 e. The minimum atomic E-state index is -0.0750. The molecule has 0 heterocycles. The van der Waals surface area contributed by atoms with E-state index in [1.807, 2.05) is 24.3 Å². The van der Waals surface area contributed by atoms with Gasteiger partial charge in [0, 0.05) is 37.0 Å². The fraction of sp³-hybridized carbons (Fsp3) is 0.300. The van der Waals surface area contributed by atoms with Crippen molar-refractivity contribution in [3.63, 3.8) is 0 Å². The molecule has 0 unspecified atom stereocenters. The molecular formula is C20H22ClNO3. The summed E-state index contributed by atoms with van der Waals surface area (Å²) in [6.45, 7) is 0.574. The first-order valence-corrected chi connectivity index (χ1v) is 8.53. The van der Waals surface area contributed by atoms with Crippen LogP contribution in [0.15, 0.2) is 48.5 Å². The summed E-state index contributed by atoms with van der Waals surface area (Å²) < 4.78 is 5.32. The second-order valence-electron chi connectivity index (χ2n) is 5.81. The van der Waals surface area contributed by atoms with Gasteiger partial charge in [0.2, 0.25) is 5.91 Å². The molecule has 0 spiro atoms. The molecule has 0 aliphatic carbocycles. The van der Waals surface area contributed by atoms with Gasteiger partial charge in [0.15, 0.2) is 5.78 Å². The molecule has 25 heavy (non-hydrogen) atoms. The molecule has 0 saturated heterocycles. The number of methoxy groups -OCH3 is 1. The Morgan fingerprint density at radius 3 is 2.56 bits per heavy atom. The fourth-order valence-electron chi connectivity index (χ4n) is 2.54. The van der Waals surface area contributed by atoms with Gasteiger partial charge >= 0.3 is 0 Å². The molecule has 0 aliphatic heterocycles. The van der Waals surface area contributed by atoms with Gasteiger partial charge in [0.1, 0.15) is 5.75 Å². The Morgan fingerprint density at radius 2 is 1.84 bits per heavy atom. The Bertz CT molecular complexity index is 745. The van der Waals surface area contributed by atoms with Crippen LogP contribution in [0.25, 0.3) is 0 Å². The lowest BCUT2D eigenvalue weighted by Gasteiger charge is -2.18. The maximum Gasteiger partial charge on any atom is 0.222 e. The topological polar surface area (TPSA) is 46.6 Å². The van der Waals surface area contributed by atoms with Gasteiger partial charge in [0.25, 0.3) is 0 Å². The third-order valence-corrected chi connectivity index (χ3v) is 4.28. The lowest BCUT2D eigenvalue weighted by Crippen LogP contribution is -2.29. The number of ketones is 1. The molecule has 0 radical (unpaired) electrons. The molecule has 0 saturated carbocycles. The number of carbonyl (C=O) groups excluding carboxylic acids is 2. The second-order valence-corrected chi connectivity index (χ2v) is 6.25. The van der Waals surface area contributed by atoms with Gasteiger partial charge < -0.3 is 9.64 Å². The van der Waals surface area contributed by atoms with E-state index >= 15 is 0 Å². The predicted molar refractivity (Wildman–Crippen MR) is 99.4 cm³/mol. The first-order valence-electron chi connectivity index (χ1n) is 8.16. The van der Waals surface area contributed by atoms with Crippen molar-refractivity contribution in [2.75, 3.05) is 20.7 Å². The molecule has 2 aromatic carbocycles. The summed E-state index contributed by atoms with van der Waals surface area (Å²) in [7, 11) is 3.39. The maximum absolute atomic E-state index is 12.2. The first-order chi connectivity index (χ1) is 12.0. The van der Waals surface area contributed by atoms with Gasteiger partial charge in [0.05, 0.1) is 7.11 Å². The summed E-state index contributed by atoms with van der Waals surface area (Å²) in [6, 6.07) is 14.5. The molecule has 5 heteroatoms. The van der Waals surface area contributed by atoms with Crippen LogP contribution < -0.4 is 4.74 Å². The molecule has 2 rings (SSSR count). The van der Waals surface area contributed by atoms with Crippen molar-refractivity contribution in [2.45, 2.75) is 19.3 Å². The highest BCUT2D eigenvalue weighted by atomic mass is 35.5. The van der Waals surface area contributed by atoms with E-state index in [4.69, 9.17) is 16.3 Å². The van der Waals surface area contributed by atoms with Crippen LogP contribution in [0, 0.1) is 0 Å². The van der Waals surface area contributed by atoms with Gasteiger partial charge in [-0.15, -0.1) is 0 Å². The van der Waals surface area contributed by atoms with Crippen LogP contribution in [0.5, 0.6) is 5.75 Å². The van der Waals surface area contributed by atoms with E-state index in [0.29, 0.717) is 23.6 Å². The summed E-state index contributed by atoms with van der Waals surface area (Å²) in [5.74, 6) is 0.693. The van der Waals surface area contributed by atoms with Crippen molar-refractivity contribution < 1.29 is 14.3 Å². The number of para-hydroxylation sites is 1. The number of amides is 1. The predicted octanol–water partition coefficient (Wildman–Crippen LogP) is 4.01. The van der Waals surface area contributed by atoms with Gasteiger partial charge in [-0.1, -0.05) is 41.9 Å². The lowest BCUT2D eigenvalue weighted by molar-refractivity contribution is -0.129. The first kappa shape index (κ1) is 19.0. The van der Waals surface area contributed by atoms with Crippen LogP contribution in [0.2, 0.25) is 5.02 Å². The molecular weight excluding hydrogens is 338 g/mol. The number of ether oxygens (including phenoxy) is 1. The third-order valence-electron chi connectivity index (χ3n) is 4.05. The van der Waals surface area contributed by atoms with E-state index in [0.717, 1.165) is 11.3 Å². The standard InChI is InChI=1S/C20H22ClNO3/c1-22(13-12-15-6-3-4-9-19(15)25-2)20(24)11-10-18(23)16-7-5-8-17(21)14-16/h3-9,14H,10-13H2,1-2H3.